The number of rotatable bonds is 8. The summed E-state index contributed by atoms with van der Waals surface area (Å²) in [6.45, 7) is 9.29. The van der Waals surface area contributed by atoms with Gasteiger partial charge in [0.05, 0.1) is 11.7 Å². The highest BCUT2D eigenvalue weighted by molar-refractivity contribution is 5.88. The smallest absolute Gasteiger partial charge is 0.154 e. The Balaban J connectivity index is 0.000000286. The molecule has 0 spiro atoms. The van der Waals surface area contributed by atoms with E-state index in [1.54, 1.807) is 17.1 Å². The molecule has 178 valence electrons. The molecule has 0 saturated heterocycles. The molecule has 3 heterocycles. The lowest BCUT2D eigenvalue weighted by atomic mass is 9.81. The van der Waals surface area contributed by atoms with Gasteiger partial charge >= 0.3 is 0 Å². The fourth-order valence-corrected chi connectivity index (χ4v) is 4.60. The van der Waals surface area contributed by atoms with E-state index in [0.29, 0.717) is 30.3 Å². The van der Waals surface area contributed by atoms with Gasteiger partial charge < -0.3 is 14.7 Å². The molecule has 1 N–H and O–H groups in total. The van der Waals surface area contributed by atoms with E-state index in [4.69, 9.17) is 0 Å². The molecule has 3 aromatic rings. The Hall–Kier alpha value is -2.80. The van der Waals surface area contributed by atoms with Crippen molar-refractivity contribution in [2.24, 2.45) is 5.92 Å². The van der Waals surface area contributed by atoms with Crippen molar-refractivity contribution in [2.45, 2.75) is 58.9 Å². The number of carbonyl (C=O) groups is 1. The summed E-state index contributed by atoms with van der Waals surface area (Å²) in [5.41, 5.74) is 3.87. The van der Waals surface area contributed by atoms with Crippen LogP contribution in [0.3, 0.4) is 0 Å². The number of aromatic amines is 1. The minimum atomic E-state index is -0.0979. The lowest BCUT2D eigenvalue weighted by molar-refractivity contribution is -0.108. The third-order valence-corrected chi connectivity index (χ3v) is 6.62. The SMILES string of the molecule is CCC(C)C(CC)c1cc(C2=CCCN(C)C2)c(F)c2[nH]ccc12.O=CCCn1ccnn1. The predicted octanol–water partition coefficient (Wildman–Crippen LogP) is 5.43. The maximum Gasteiger partial charge on any atom is 0.154 e. The number of fused-ring (bicyclic) bond motifs is 1. The third-order valence-electron chi connectivity index (χ3n) is 6.62. The summed E-state index contributed by atoms with van der Waals surface area (Å²) < 4.78 is 16.8. The van der Waals surface area contributed by atoms with Crippen molar-refractivity contribution >= 4 is 22.8 Å². The van der Waals surface area contributed by atoms with Crippen molar-refractivity contribution in [3.63, 3.8) is 0 Å². The maximum absolute atomic E-state index is 15.2. The number of halogens is 1. The number of likely N-dealkylation sites (N-methyl/N-ethyl adjacent to an activating group) is 1. The van der Waals surface area contributed by atoms with Gasteiger partial charge in [-0.05, 0) is 55.0 Å². The van der Waals surface area contributed by atoms with Crippen molar-refractivity contribution in [3.8, 4) is 0 Å². The fourth-order valence-electron chi connectivity index (χ4n) is 4.60. The summed E-state index contributed by atoms with van der Waals surface area (Å²) in [4.78, 5) is 15.2. The average molecular weight is 454 g/mol. The summed E-state index contributed by atoms with van der Waals surface area (Å²) in [5.74, 6) is 0.961. The number of aryl methyl sites for hydroxylation is 1. The molecule has 0 amide bonds. The van der Waals surface area contributed by atoms with Gasteiger partial charge in [0, 0.05) is 49.4 Å². The second-order valence-electron chi connectivity index (χ2n) is 8.87. The quantitative estimate of drug-likeness (QED) is 0.462. The van der Waals surface area contributed by atoms with Gasteiger partial charge in [-0.3, -0.25) is 4.68 Å². The number of hydrogen-bond acceptors (Lipinski definition) is 4. The molecule has 6 nitrogen and oxygen atoms in total. The molecule has 1 aliphatic rings. The Kier molecular flexibility index (Phi) is 8.95. The first-order chi connectivity index (χ1) is 16.0. The Bertz CT molecular complexity index is 1060. The van der Waals surface area contributed by atoms with E-state index in [-0.39, 0.29) is 5.82 Å². The molecular formula is C26H36FN5O. The Morgan fingerprint density at radius 3 is 2.76 bits per heavy atom. The molecule has 2 unspecified atom stereocenters. The van der Waals surface area contributed by atoms with Crippen LogP contribution in [-0.4, -0.2) is 51.3 Å². The summed E-state index contributed by atoms with van der Waals surface area (Å²) in [7, 11) is 2.10. The number of carbonyl (C=O) groups excluding carboxylic acids is 1. The van der Waals surface area contributed by atoms with E-state index in [0.717, 1.165) is 55.2 Å². The lowest BCUT2D eigenvalue weighted by Gasteiger charge is -2.26. The molecule has 2 atom stereocenters. The van der Waals surface area contributed by atoms with E-state index >= 15 is 4.39 Å². The van der Waals surface area contributed by atoms with Crippen molar-refractivity contribution in [2.75, 3.05) is 20.1 Å². The van der Waals surface area contributed by atoms with Gasteiger partial charge in [-0.2, -0.15) is 0 Å². The number of aldehydes is 1. The van der Waals surface area contributed by atoms with Crippen LogP contribution < -0.4 is 0 Å². The number of benzene rings is 1. The highest BCUT2D eigenvalue weighted by Gasteiger charge is 2.24. The Labute approximate surface area is 195 Å². The highest BCUT2D eigenvalue weighted by atomic mass is 19.1. The molecule has 2 aromatic heterocycles. The summed E-state index contributed by atoms with van der Waals surface area (Å²) in [5, 5.41) is 8.28. The van der Waals surface area contributed by atoms with Crippen LogP contribution in [0.5, 0.6) is 0 Å². The summed E-state index contributed by atoms with van der Waals surface area (Å²) in [6.07, 6.45) is 12.0. The number of hydrogen-bond donors (Lipinski definition) is 1. The van der Waals surface area contributed by atoms with E-state index in [1.165, 1.54) is 5.56 Å². The summed E-state index contributed by atoms with van der Waals surface area (Å²) >= 11 is 0. The minimum Gasteiger partial charge on any atom is -0.359 e. The van der Waals surface area contributed by atoms with Crippen molar-refractivity contribution in [1.29, 1.82) is 0 Å². The van der Waals surface area contributed by atoms with Crippen LogP contribution >= 0.6 is 0 Å². The largest absolute Gasteiger partial charge is 0.359 e. The fraction of sp³-hybridized carbons (Fsp3) is 0.500. The predicted molar refractivity (Wildman–Crippen MR) is 132 cm³/mol. The van der Waals surface area contributed by atoms with Crippen LogP contribution in [0.25, 0.3) is 16.5 Å². The number of H-pyrrole nitrogens is 1. The van der Waals surface area contributed by atoms with Crippen LogP contribution in [0.15, 0.2) is 36.8 Å². The topological polar surface area (TPSA) is 66.8 Å². The molecule has 1 aliphatic heterocycles. The normalized spacial score (nSPS) is 16.1. The first-order valence-electron chi connectivity index (χ1n) is 11.9. The molecule has 4 rings (SSSR count). The van der Waals surface area contributed by atoms with E-state index in [1.807, 2.05) is 12.3 Å². The number of nitrogens with one attached hydrogen (secondary N) is 1. The minimum absolute atomic E-state index is 0.0979. The van der Waals surface area contributed by atoms with Crippen LogP contribution in [0, 0.1) is 11.7 Å². The summed E-state index contributed by atoms with van der Waals surface area (Å²) in [6, 6.07) is 4.17. The van der Waals surface area contributed by atoms with Gasteiger partial charge in [-0.1, -0.05) is 38.5 Å². The van der Waals surface area contributed by atoms with Gasteiger partial charge in [-0.25, -0.2) is 4.39 Å². The van der Waals surface area contributed by atoms with Crippen molar-refractivity contribution < 1.29 is 9.18 Å². The molecule has 33 heavy (non-hydrogen) atoms. The maximum atomic E-state index is 15.2. The lowest BCUT2D eigenvalue weighted by Crippen LogP contribution is -2.25. The monoisotopic (exact) mass is 453 g/mol. The molecule has 0 fully saturated rings. The second kappa shape index (κ2) is 11.9. The van der Waals surface area contributed by atoms with Crippen LogP contribution in [0.1, 0.15) is 63.5 Å². The van der Waals surface area contributed by atoms with Crippen molar-refractivity contribution in [1.82, 2.24) is 24.9 Å². The van der Waals surface area contributed by atoms with Gasteiger partial charge in [-0.15, -0.1) is 5.10 Å². The van der Waals surface area contributed by atoms with Crippen molar-refractivity contribution in [3.05, 3.63) is 53.7 Å². The van der Waals surface area contributed by atoms with E-state index in [9.17, 15) is 4.79 Å². The first-order valence-corrected chi connectivity index (χ1v) is 11.9. The van der Waals surface area contributed by atoms with Crippen LogP contribution in [0.2, 0.25) is 0 Å². The Morgan fingerprint density at radius 1 is 1.30 bits per heavy atom. The van der Waals surface area contributed by atoms with Crippen LogP contribution in [-0.2, 0) is 11.3 Å². The number of aromatic nitrogens is 4. The second-order valence-corrected chi connectivity index (χ2v) is 8.87. The zero-order valence-corrected chi connectivity index (χ0v) is 20.2. The molecule has 7 heteroatoms. The highest BCUT2D eigenvalue weighted by Crippen LogP contribution is 2.38. The van der Waals surface area contributed by atoms with E-state index < -0.39 is 0 Å². The molecule has 0 radical (unpaired) electrons. The van der Waals surface area contributed by atoms with Gasteiger partial charge in [0.25, 0.3) is 0 Å². The zero-order valence-electron chi connectivity index (χ0n) is 20.2. The van der Waals surface area contributed by atoms with Crippen LogP contribution in [0.4, 0.5) is 4.39 Å². The third kappa shape index (κ3) is 5.96. The van der Waals surface area contributed by atoms with Gasteiger partial charge in [0.15, 0.2) is 5.82 Å². The molecule has 0 aliphatic carbocycles. The first kappa shape index (κ1) is 24.8. The standard InChI is InChI=1S/C21H29FN2.C5H7N3O/c1-5-14(3)16(6-2)19-12-18(15-8-7-11-24(4)13-15)20(22)21-17(19)9-10-23-21;9-5-1-3-8-4-2-6-7-8/h8-10,12,14,16,23H,5-7,11,13H2,1-4H3;2,4-5H,1,3H2. The molecular weight excluding hydrogens is 417 g/mol. The average Bonchev–Trinajstić information content (AvgIpc) is 3.52. The molecule has 1 aromatic carbocycles. The number of nitrogens with zero attached hydrogens (tertiary/aromatic N) is 4. The zero-order chi connectivity index (χ0) is 23.8. The molecule has 0 bridgehead atoms. The molecule has 0 saturated carbocycles. The van der Waals surface area contributed by atoms with E-state index in [2.05, 4.69) is 60.2 Å². The Morgan fingerprint density at radius 2 is 2.12 bits per heavy atom. The van der Waals surface area contributed by atoms with Gasteiger partial charge in [0.2, 0.25) is 0 Å². The van der Waals surface area contributed by atoms with Gasteiger partial charge in [0.1, 0.15) is 6.29 Å².